The number of ether oxygens (including phenoxy) is 1. The van der Waals surface area contributed by atoms with Gasteiger partial charge in [-0.25, -0.2) is 0 Å². The third-order valence-corrected chi connectivity index (χ3v) is 4.09. The van der Waals surface area contributed by atoms with Gasteiger partial charge >= 0.3 is 12.1 Å². The average molecular weight is 450 g/mol. The molecule has 0 fully saturated rings. The fourth-order valence-electron chi connectivity index (χ4n) is 2.66. The van der Waals surface area contributed by atoms with Crippen LogP contribution in [0.5, 0.6) is 0 Å². The summed E-state index contributed by atoms with van der Waals surface area (Å²) in [5.41, 5.74) is 9.36. The van der Waals surface area contributed by atoms with E-state index >= 15 is 0 Å². The first-order valence-electron chi connectivity index (χ1n) is 10.5. The predicted octanol–water partition coefficient (Wildman–Crippen LogP) is 7.36. The van der Waals surface area contributed by atoms with Crippen LogP contribution in [0.1, 0.15) is 68.5 Å². The summed E-state index contributed by atoms with van der Waals surface area (Å²) in [5, 5.41) is 0. The van der Waals surface area contributed by atoms with Crippen LogP contribution < -0.4 is 5.73 Å². The first-order valence-corrected chi connectivity index (χ1v) is 10.5. The number of esters is 1. The zero-order valence-electron chi connectivity index (χ0n) is 19.7. The van der Waals surface area contributed by atoms with Crippen molar-refractivity contribution in [3.05, 3.63) is 82.4 Å². The number of allylic oxidation sites excluding steroid dienone is 1. The minimum atomic E-state index is -4.35. The average Bonchev–Trinajstić information content (AvgIpc) is 2.74. The molecule has 0 aliphatic rings. The molecule has 0 bridgehead atoms. The normalized spacial score (nSPS) is 11.9. The number of rotatable bonds is 5. The first kappa shape index (κ1) is 29.1. The fourth-order valence-corrected chi connectivity index (χ4v) is 2.66. The van der Waals surface area contributed by atoms with E-state index in [4.69, 9.17) is 5.73 Å². The van der Waals surface area contributed by atoms with E-state index < -0.39 is 17.7 Å². The molecule has 0 aromatic heterocycles. The van der Waals surface area contributed by atoms with Crippen LogP contribution in [-0.2, 0) is 15.7 Å². The highest BCUT2D eigenvalue weighted by Gasteiger charge is 2.30. The molecule has 2 N–H and O–H groups in total. The SMILES string of the molecule is C/C=C\c1c(C)cccc1C(C)N.CC.CC(=O)OC/C=C/c1cccc(C(F)(F)F)c1. The van der Waals surface area contributed by atoms with E-state index in [9.17, 15) is 18.0 Å². The van der Waals surface area contributed by atoms with Crippen molar-refractivity contribution in [3.63, 3.8) is 0 Å². The number of hydrogen-bond acceptors (Lipinski definition) is 3. The number of benzene rings is 2. The van der Waals surface area contributed by atoms with Gasteiger partial charge in [-0.05, 0) is 61.2 Å². The maximum Gasteiger partial charge on any atom is 0.416 e. The number of alkyl halides is 3. The van der Waals surface area contributed by atoms with Gasteiger partial charge in [-0.3, -0.25) is 4.79 Å². The van der Waals surface area contributed by atoms with Crippen molar-refractivity contribution >= 4 is 18.1 Å². The third-order valence-electron chi connectivity index (χ3n) is 4.09. The van der Waals surface area contributed by atoms with Crippen LogP contribution in [0.3, 0.4) is 0 Å². The lowest BCUT2D eigenvalue weighted by Crippen LogP contribution is -2.07. The molecule has 32 heavy (non-hydrogen) atoms. The van der Waals surface area contributed by atoms with E-state index in [1.165, 1.54) is 41.8 Å². The second-order valence-corrected chi connectivity index (χ2v) is 6.69. The molecule has 0 aliphatic heterocycles. The quantitative estimate of drug-likeness (QED) is 0.485. The number of halogens is 3. The van der Waals surface area contributed by atoms with Gasteiger partial charge in [0.2, 0.25) is 0 Å². The van der Waals surface area contributed by atoms with Gasteiger partial charge in [0.1, 0.15) is 6.61 Å². The van der Waals surface area contributed by atoms with Crippen molar-refractivity contribution in [2.75, 3.05) is 6.61 Å². The summed E-state index contributed by atoms with van der Waals surface area (Å²) in [5.74, 6) is -0.432. The molecule has 0 heterocycles. The molecular formula is C26H34F3NO2. The summed E-state index contributed by atoms with van der Waals surface area (Å²) in [6, 6.07) is 11.3. The van der Waals surface area contributed by atoms with Crippen molar-refractivity contribution in [3.8, 4) is 0 Å². The molecule has 2 aromatic rings. The summed E-state index contributed by atoms with van der Waals surface area (Å²) < 4.78 is 41.7. The van der Waals surface area contributed by atoms with Gasteiger partial charge < -0.3 is 10.5 Å². The maximum atomic E-state index is 12.4. The molecule has 0 spiro atoms. The number of aryl methyl sites for hydroxylation is 1. The number of nitrogens with two attached hydrogens (primary N) is 1. The summed E-state index contributed by atoms with van der Waals surface area (Å²) in [6.45, 7) is 11.5. The molecule has 0 aliphatic carbocycles. The lowest BCUT2D eigenvalue weighted by atomic mass is 9.97. The van der Waals surface area contributed by atoms with E-state index in [1.54, 1.807) is 6.07 Å². The zero-order chi connectivity index (χ0) is 24.7. The van der Waals surface area contributed by atoms with Crippen molar-refractivity contribution < 1.29 is 22.7 Å². The van der Waals surface area contributed by atoms with Crippen LogP contribution in [0.2, 0.25) is 0 Å². The third kappa shape index (κ3) is 11.0. The van der Waals surface area contributed by atoms with Gasteiger partial charge in [-0.2, -0.15) is 13.2 Å². The Morgan fingerprint density at radius 1 is 1.12 bits per heavy atom. The fraction of sp³-hybridized carbons (Fsp3) is 0.346. The maximum absolute atomic E-state index is 12.4. The van der Waals surface area contributed by atoms with Crippen molar-refractivity contribution in [1.82, 2.24) is 0 Å². The number of carbonyl (C=O) groups is 1. The standard InChI is InChI=1S/C12H11F3O2.C12H17N.C2H6/c1-9(16)17-7-3-5-10-4-2-6-11(8-10)12(13,14)15;1-4-6-11-9(2)7-5-8-12(11)10(3)13;1-2/h2-6,8H,7H2,1H3;4-8,10H,13H2,1-3H3;1-2H3/b5-3+;6-4-;. The van der Waals surface area contributed by atoms with Crippen molar-refractivity contribution in [2.45, 2.75) is 53.8 Å². The van der Waals surface area contributed by atoms with Crippen LogP contribution in [0.25, 0.3) is 12.2 Å². The Hall–Kier alpha value is -2.86. The topological polar surface area (TPSA) is 52.3 Å². The molecule has 176 valence electrons. The molecule has 1 atom stereocenters. The van der Waals surface area contributed by atoms with E-state index in [-0.39, 0.29) is 12.6 Å². The van der Waals surface area contributed by atoms with Gasteiger partial charge in [-0.15, -0.1) is 0 Å². The van der Waals surface area contributed by atoms with Gasteiger partial charge in [0.05, 0.1) is 5.56 Å². The molecule has 2 rings (SSSR count). The Labute approximate surface area is 189 Å². The minimum absolute atomic E-state index is 0.0472. The highest BCUT2D eigenvalue weighted by molar-refractivity contribution is 5.66. The lowest BCUT2D eigenvalue weighted by Gasteiger charge is -2.11. The van der Waals surface area contributed by atoms with Crippen molar-refractivity contribution in [1.29, 1.82) is 0 Å². The molecule has 6 heteroatoms. The van der Waals surface area contributed by atoms with Crippen LogP contribution in [0, 0.1) is 6.92 Å². The number of carbonyl (C=O) groups excluding carboxylic acids is 1. The molecule has 3 nitrogen and oxygen atoms in total. The number of hydrogen-bond donors (Lipinski definition) is 1. The van der Waals surface area contributed by atoms with Crippen LogP contribution in [0.4, 0.5) is 13.2 Å². The molecule has 0 saturated heterocycles. The van der Waals surface area contributed by atoms with E-state index in [0.29, 0.717) is 5.56 Å². The zero-order valence-corrected chi connectivity index (χ0v) is 19.7. The largest absolute Gasteiger partial charge is 0.462 e. The Bertz CT molecular complexity index is 885. The Balaban J connectivity index is 0.000000574. The van der Waals surface area contributed by atoms with Gasteiger partial charge in [0.25, 0.3) is 0 Å². The van der Waals surface area contributed by atoms with Gasteiger partial charge in [0.15, 0.2) is 0 Å². The van der Waals surface area contributed by atoms with Crippen LogP contribution in [0.15, 0.2) is 54.6 Å². The minimum Gasteiger partial charge on any atom is -0.462 e. The molecule has 0 amide bonds. The second-order valence-electron chi connectivity index (χ2n) is 6.69. The summed E-state index contributed by atoms with van der Waals surface area (Å²) in [6.07, 6.45) is 2.77. The smallest absolute Gasteiger partial charge is 0.416 e. The monoisotopic (exact) mass is 449 g/mol. The summed E-state index contributed by atoms with van der Waals surface area (Å²) >= 11 is 0. The van der Waals surface area contributed by atoms with E-state index in [1.807, 2.05) is 33.8 Å². The van der Waals surface area contributed by atoms with Crippen molar-refractivity contribution in [2.24, 2.45) is 5.73 Å². The van der Waals surface area contributed by atoms with Crippen LogP contribution in [-0.4, -0.2) is 12.6 Å². The Morgan fingerprint density at radius 2 is 1.75 bits per heavy atom. The molecule has 0 saturated carbocycles. The Morgan fingerprint density at radius 3 is 2.28 bits per heavy atom. The predicted molar refractivity (Wildman–Crippen MR) is 127 cm³/mol. The Kier molecular flexibility index (Phi) is 13.7. The lowest BCUT2D eigenvalue weighted by molar-refractivity contribution is -0.139. The van der Waals surface area contributed by atoms with Gasteiger partial charge in [-0.1, -0.05) is 62.4 Å². The highest BCUT2D eigenvalue weighted by Crippen LogP contribution is 2.29. The molecule has 2 aromatic carbocycles. The van der Waals surface area contributed by atoms with E-state index in [0.717, 1.165) is 12.1 Å². The first-order chi connectivity index (χ1) is 15.1. The molecule has 0 radical (unpaired) electrons. The summed E-state index contributed by atoms with van der Waals surface area (Å²) in [7, 11) is 0. The summed E-state index contributed by atoms with van der Waals surface area (Å²) in [4.78, 5) is 10.4. The van der Waals surface area contributed by atoms with Crippen LogP contribution >= 0.6 is 0 Å². The van der Waals surface area contributed by atoms with E-state index in [2.05, 4.69) is 35.9 Å². The molecular weight excluding hydrogens is 415 g/mol. The highest BCUT2D eigenvalue weighted by atomic mass is 19.4. The molecule has 1 unspecified atom stereocenters. The second kappa shape index (κ2) is 15.0. The van der Waals surface area contributed by atoms with Gasteiger partial charge in [0, 0.05) is 13.0 Å².